The van der Waals surface area contributed by atoms with Crippen molar-refractivity contribution in [3.8, 4) is 5.75 Å². The van der Waals surface area contributed by atoms with Crippen LogP contribution in [-0.2, 0) is 11.4 Å². The lowest BCUT2D eigenvalue weighted by molar-refractivity contribution is -0.137. The van der Waals surface area contributed by atoms with Crippen LogP contribution in [0.25, 0.3) is 0 Å². The Hall–Kier alpha value is -2.50. The largest absolute Gasteiger partial charge is 0.486 e. The maximum Gasteiger partial charge on any atom is 0.405 e. The zero-order valence-electron chi connectivity index (χ0n) is 13.5. The minimum Gasteiger partial charge on any atom is -0.486 e. The number of hydrogen-bond donors (Lipinski definition) is 2. The second-order valence-corrected chi connectivity index (χ2v) is 6.41. The molecule has 0 saturated carbocycles. The molecule has 1 aromatic carbocycles. The van der Waals surface area contributed by atoms with Crippen molar-refractivity contribution in [2.75, 3.05) is 12.4 Å². The molecule has 3 N–H and O–H groups in total. The minimum absolute atomic E-state index is 0.0651. The number of rotatable bonds is 7. The van der Waals surface area contributed by atoms with Gasteiger partial charge < -0.3 is 15.9 Å². The highest BCUT2D eigenvalue weighted by Gasteiger charge is 2.29. The van der Waals surface area contributed by atoms with E-state index in [1.807, 2.05) is 0 Å². The number of nitrogens with zero attached hydrogens (tertiary/aromatic N) is 3. The summed E-state index contributed by atoms with van der Waals surface area (Å²) < 4.78 is 55.6. The highest BCUT2D eigenvalue weighted by molar-refractivity contribution is 8.00. The third kappa shape index (κ3) is 5.79. The number of nitrogen functional groups attached to an aromatic ring is 1. The second-order valence-electron chi connectivity index (χ2n) is 5.10. The van der Waals surface area contributed by atoms with Crippen LogP contribution in [0.15, 0.2) is 29.4 Å². The number of aromatic nitrogens is 3. The number of ether oxygens (including phenoxy) is 1. The van der Waals surface area contributed by atoms with Gasteiger partial charge in [-0.2, -0.15) is 13.2 Å². The fourth-order valence-electron chi connectivity index (χ4n) is 1.71. The summed E-state index contributed by atoms with van der Waals surface area (Å²) in [4.78, 5) is 11.7. The normalized spacial score (nSPS) is 12.7. The van der Waals surface area contributed by atoms with Crippen molar-refractivity contribution in [2.45, 2.75) is 30.1 Å². The Balaban J connectivity index is 1.91. The van der Waals surface area contributed by atoms with Crippen molar-refractivity contribution in [3.05, 3.63) is 35.9 Å². The topological polar surface area (TPSA) is 95.1 Å². The summed E-state index contributed by atoms with van der Waals surface area (Å²) in [5, 5.41) is 8.64. The van der Waals surface area contributed by atoms with Gasteiger partial charge in [0.25, 0.3) is 0 Å². The molecule has 0 radical (unpaired) electrons. The van der Waals surface area contributed by atoms with E-state index in [0.717, 1.165) is 16.4 Å². The van der Waals surface area contributed by atoms with E-state index in [1.54, 1.807) is 5.32 Å². The van der Waals surface area contributed by atoms with Gasteiger partial charge in [0, 0.05) is 0 Å². The second kappa shape index (κ2) is 8.25. The van der Waals surface area contributed by atoms with Gasteiger partial charge in [0.2, 0.25) is 11.1 Å². The van der Waals surface area contributed by atoms with Crippen LogP contribution >= 0.6 is 11.8 Å². The Labute approximate surface area is 149 Å². The lowest BCUT2D eigenvalue weighted by atomic mass is 10.3. The first-order valence-corrected chi connectivity index (χ1v) is 8.12. The van der Waals surface area contributed by atoms with E-state index in [4.69, 9.17) is 10.6 Å². The summed E-state index contributed by atoms with van der Waals surface area (Å²) in [5.74, 6) is 5.20. The highest BCUT2D eigenvalue weighted by atomic mass is 32.2. The average molecular weight is 393 g/mol. The molecule has 7 nitrogen and oxygen atoms in total. The summed E-state index contributed by atoms with van der Waals surface area (Å²) in [6.45, 7) is -0.0626. The summed E-state index contributed by atoms with van der Waals surface area (Å²) in [7, 11) is 0. The first-order valence-electron chi connectivity index (χ1n) is 7.24. The molecule has 1 atom stereocenters. The number of benzene rings is 1. The van der Waals surface area contributed by atoms with Crippen LogP contribution < -0.4 is 15.9 Å². The van der Waals surface area contributed by atoms with Crippen molar-refractivity contribution in [2.24, 2.45) is 0 Å². The Morgan fingerprint density at radius 2 is 2.00 bits per heavy atom. The number of carbonyl (C=O) groups is 1. The van der Waals surface area contributed by atoms with Crippen molar-refractivity contribution >= 4 is 17.7 Å². The van der Waals surface area contributed by atoms with Gasteiger partial charge in [-0.25, -0.2) is 9.07 Å². The number of halogens is 4. The van der Waals surface area contributed by atoms with Crippen LogP contribution in [0.3, 0.4) is 0 Å². The van der Waals surface area contributed by atoms with Crippen molar-refractivity contribution < 1.29 is 27.1 Å². The molecule has 0 aliphatic rings. The Kier molecular flexibility index (Phi) is 6.29. The molecular weight excluding hydrogens is 378 g/mol. The lowest BCUT2D eigenvalue weighted by Crippen LogP contribution is -2.38. The van der Waals surface area contributed by atoms with Crippen LogP contribution in [0, 0.1) is 5.82 Å². The number of hydrogen-bond acceptors (Lipinski definition) is 6. The molecule has 0 spiro atoms. The molecular formula is C14H15F4N5O2S. The number of alkyl halides is 3. The Bertz CT molecular complexity index is 751. The molecule has 26 heavy (non-hydrogen) atoms. The molecule has 142 valence electrons. The van der Waals surface area contributed by atoms with Gasteiger partial charge in [0.05, 0.1) is 5.25 Å². The third-order valence-corrected chi connectivity index (χ3v) is 4.09. The lowest BCUT2D eigenvalue weighted by Gasteiger charge is -2.13. The van der Waals surface area contributed by atoms with Crippen LogP contribution in [0.2, 0.25) is 0 Å². The fourth-order valence-corrected chi connectivity index (χ4v) is 2.52. The molecule has 1 heterocycles. The SMILES string of the molecule is CC(Sc1nnc(COc2ccc(F)cc2)n1N)C(=O)NCC(F)(F)F. The molecule has 0 aliphatic heterocycles. The number of carbonyl (C=O) groups excluding carboxylic acids is 1. The number of nitrogens with one attached hydrogen (secondary N) is 1. The van der Waals surface area contributed by atoms with Gasteiger partial charge in [-0.15, -0.1) is 10.2 Å². The zero-order chi connectivity index (χ0) is 19.3. The Morgan fingerprint density at radius 3 is 2.62 bits per heavy atom. The third-order valence-electron chi connectivity index (χ3n) is 3.03. The molecule has 1 aromatic heterocycles. The predicted molar refractivity (Wildman–Crippen MR) is 85.3 cm³/mol. The Morgan fingerprint density at radius 1 is 1.35 bits per heavy atom. The smallest absolute Gasteiger partial charge is 0.405 e. The van der Waals surface area contributed by atoms with Gasteiger partial charge in [-0.3, -0.25) is 4.79 Å². The van der Waals surface area contributed by atoms with E-state index in [1.165, 1.54) is 31.2 Å². The highest BCUT2D eigenvalue weighted by Crippen LogP contribution is 2.22. The van der Waals surface area contributed by atoms with Gasteiger partial charge in [-0.05, 0) is 31.2 Å². The fraction of sp³-hybridized carbons (Fsp3) is 0.357. The molecule has 1 unspecified atom stereocenters. The molecule has 12 heteroatoms. The van der Waals surface area contributed by atoms with Crippen LogP contribution in [-0.4, -0.2) is 38.8 Å². The van der Waals surface area contributed by atoms with Crippen LogP contribution in [0.4, 0.5) is 17.6 Å². The average Bonchev–Trinajstić information content (AvgIpc) is 2.91. The monoisotopic (exact) mass is 393 g/mol. The molecule has 1 amide bonds. The van der Waals surface area contributed by atoms with Gasteiger partial charge in [0.1, 0.15) is 24.7 Å². The minimum atomic E-state index is -4.49. The zero-order valence-corrected chi connectivity index (χ0v) is 14.3. The first-order chi connectivity index (χ1) is 12.2. The molecule has 2 rings (SSSR count). The van der Waals surface area contributed by atoms with E-state index in [9.17, 15) is 22.4 Å². The van der Waals surface area contributed by atoms with E-state index >= 15 is 0 Å². The number of amides is 1. The number of nitrogens with two attached hydrogens (primary N) is 1. The van der Waals surface area contributed by atoms with Crippen molar-refractivity contribution in [1.29, 1.82) is 0 Å². The summed E-state index contributed by atoms with van der Waals surface area (Å²) in [6.07, 6.45) is -4.49. The van der Waals surface area contributed by atoms with Crippen LogP contribution in [0.1, 0.15) is 12.7 Å². The van der Waals surface area contributed by atoms with E-state index < -0.39 is 29.7 Å². The molecule has 0 fully saturated rings. The molecule has 0 saturated heterocycles. The predicted octanol–water partition coefficient (Wildman–Crippen LogP) is 1.87. The van der Waals surface area contributed by atoms with Gasteiger partial charge in [0.15, 0.2) is 5.82 Å². The van der Waals surface area contributed by atoms with Crippen molar-refractivity contribution in [1.82, 2.24) is 20.2 Å². The molecule has 2 aromatic rings. The molecule has 0 aliphatic carbocycles. The summed E-state index contributed by atoms with van der Waals surface area (Å²) >= 11 is 0.853. The summed E-state index contributed by atoms with van der Waals surface area (Å²) in [5.41, 5.74) is 0. The first kappa shape index (κ1) is 19.8. The van der Waals surface area contributed by atoms with Gasteiger partial charge >= 0.3 is 6.18 Å². The van der Waals surface area contributed by atoms with Crippen molar-refractivity contribution in [3.63, 3.8) is 0 Å². The van der Waals surface area contributed by atoms with E-state index in [2.05, 4.69) is 10.2 Å². The summed E-state index contributed by atoms with van der Waals surface area (Å²) in [6, 6.07) is 5.31. The van der Waals surface area contributed by atoms with E-state index in [0.29, 0.717) is 5.75 Å². The standard InChI is InChI=1S/C14H15F4N5O2S/c1-8(12(24)20-7-14(16,17)18)26-13-22-21-11(23(13)19)6-25-10-4-2-9(15)3-5-10/h2-5,8H,6-7,19H2,1H3,(H,20,24). The maximum absolute atomic E-state index is 12.8. The van der Waals surface area contributed by atoms with Gasteiger partial charge in [-0.1, -0.05) is 11.8 Å². The van der Waals surface area contributed by atoms with E-state index in [-0.39, 0.29) is 17.6 Å². The quantitative estimate of drug-likeness (QED) is 0.424. The molecule has 0 bridgehead atoms. The van der Waals surface area contributed by atoms with Crippen LogP contribution in [0.5, 0.6) is 5.75 Å². The number of thioether (sulfide) groups is 1. The maximum atomic E-state index is 12.8.